The van der Waals surface area contributed by atoms with Crippen LogP contribution in [0.5, 0.6) is 0 Å². The Bertz CT molecular complexity index is 1060. The van der Waals surface area contributed by atoms with Gasteiger partial charge in [0.2, 0.25) is 5.95 Å². The number of fused-ring (bicyclic) bond motifs is 1. The number of allylic oxidation sites excluding steroid dienone is 1. The minimum absolute atomic E-state index is 0.136. The molecule has 1 atom stereocenters. The number of nitrogens with zero attached hydrogens (tertiary/aromatic N) is 4. The summed E-state index contributed by atoms with van der Waals surface area (Å²) in [5.41, 5.74) is 6.28. The van der Waals surface area contributed by atoms with E-state index in [0.29, 0.717) is 11.8 Å². The van der Waals surface area contributed by atoms with Crippen LogP contribution >= 0.6 is 0 Å². The van der Waals surface area contributed by atoms with E-state index >= 15 is 0 Å². The summed E-state index contributed by atoms with van der Waals surface area (Å²) >= 11 is 0. The summed E-state index contributed by atoms with van der Waals surface area (Å²) in [6.07, 6.45) is 12.3. The van der Waals surface area contributed by atoms with Gasteiger partial charge in [0, 0.05) is 56.9 Å². The van der Waals surface area contributed by atoms with E-state index in [2.05, 4.69) is 52.5 Å². The summed E-state index contributed by atoms with van der Waals surface area (Å²) < 4.78 is 0. The Morgan fingerprint density at radius 2 is 1.72 bits per heavy atom. The topological polar surface area (TPSA) is 64.5 Å². The lowest BCUT2D eigenvalue weighted by Gasteiger charge is -2.32. The van der Waals surface area contributed by atoms with E-state index in [4.69, 9.17) is 9.97 Å². The first-order chi connectivity index (χ1) is 17.6. The average molecular weight is 488 g/mol. The number of benzene rings is 1. The highest BCUT2D eigenvalue weighted by Crippen LogP contribution is 2.46. The number of anilines is 1. The molecule has 6 rings (SSSR count). The Labute approximate surface area is 215 Å². The number of aromatic nitrogens is 2. The molecule has 1 aromatic heterocycles. The SMILES string of the molecule is CN1CCN(Cc2ccc(C3=CC([C@H]4CC[C@H](O)CC4)c4nc(NCCC5CC5)ncc43)cc2)CC1. The Morgan fingerprint density at radius 1 is 0.972 bits per heavy atom. The smallest absolute Gasteiger partial charge is 0.222 e. The van der Waals surface area contributed by atoms with Crippen LogP contribution in [0.2, 0.25) is 0 Å². The summed E-state index contributed by atoms with van der Waals surface area (Å²) in [6.45, 7) is 6.57. The lowest BCUT2D eigenvalue weighted by molar-refractivity contribution is 0.105. The highest BCUT2D eigenvalue weighted by molar-refractivity contribution is 5.85. The highest BCUT2D eigenvalue weighted by Gasteiger charge is 2.34. The predicted octanol–water partition coefficient (Wildman–Crippen LogP) is 4.52. The van der Waals surface area contributed by atoms with Crippen molar-refractivity contribution in [1.29, 1.82) is 0 Å². The number of rotatable bonds is 8. The molecule has 2 heterocycles. The number of nitrogens with one attached hydrogen (secondary N) is 1. The molecule has 1 unspecified atom stereocenters. The van der Waals surface area contributed by atoms with Gasteiger partial charge in [-0.05, 0) is 67.7 Å². The molecule has 1 aromatic carbocycles. The molecular weight excluding hydrogens is 446 g/mol. The van der Waals surface area contributed by atoms with Crippen LogP contribution in [0.3, 0.4) is 0 Å². The van der Waals surface area contributed by atoms with E-state index < -0.39 is 0 Å². The number of likely N-dealkylation sites (N-methyl/N-ethyl adjacent to an activating group) is 1. The Morgan fingerprint density at radius 3 is 2.44 bits per heavy atom. The van der Waals surface area contributed by atoms with Crippen molar-refractivity contribution in [2.24, 2.45) is 11.8 Å². The van der Waals surface area contributed by atoms with Crippen molar-refractivity contribution >= 4 is 11.5 Å². The van der Waals surface area contributed by atoms with Crippen molar-refractivity contribution in [3.8, 4) is 0 Å². The third-order valence-electron chi connectivity index (χ3n) is 8.82. The van der Waals surface area contributed by atoms with Gasteiger partial charge in [0.05, 0.1) is 11.8 Å². The Balaban J connectivity index is 1.21. The maximum Gasteiger partial charge on any atom is 0.222 e. The lowest BCUT2D eigenvalue weighted by atomic mass is 9.78. The number of hydrogen-bond acceptors (Lipinski definition) is 6. The zero-order valence-electron chi connectivity index (χ0n) is 21.7. The molecule has 6 nitrogen and oxygen atoms in total. The summed E-state index contributed by atoms with van der Waals surface area (Å²) in [5, 5.41) is 13.6. The minimum Gasteiger partial charge on any atom is -0.393 e. The molecule has 1 aliphatic heterocycles. The Kier molecular flexibility index (Phi) is 7.09. The van der Waals surface area contributed by atoms with E-state index in [1.807, 2.05) is 6.20 Å². The summed E-state index contributed by atoms with van der Waals surface area (Å²) in [7, 11) is 2.21. The molecule has 2 N–H and O–H groups in total. The van der Waals surface area contributed by atoms with Gasteiger partial charge in [-0.15, -0.1) is 0 Å². The minimum atomic E-state index is -0.136. The molecule has 0 spiro atoms. The molecule has 0 amide bonds. The molecule has 2 aromatic rings. The van der Waals surface area contributed by atoms with Crippen molar-refractivity contribution < 1.29 is 5.11 Å². The molecular formula is C30H41N5O. The van der Waals surface area contributed by atoms with E-state index in [-0.39, 0.29) is 6.10 Å². The molecule has 2 saturated carbocycles. The van der Waals surface area contributed by atoms with Crippen LogP contribution in [0, 0.1) is 11.8 Å². The van der Waals surface area contributed by atoms with E-state index in [9.17, 15) is 5.11 Å². The standard InChI is InChI=1S/C30H41N5O/c1-34-14-16-35(17-15-34)20-22-4-6-23(7-5-22)26-18-27(24-8-10-25(36)11-9-24)29-28(26)19-32-30(33-29)31-13-12-21-2-3-21/h4-7,18-19,21,24-25,27,36H,2-3,8-17,20H2,1H3,(H,31,32,33)/t24-,25-,27?. The number of piperazine rings is 1. The fourth-order valence-corrected chi connectivity index (χ4v) is 6.21. The third-order valence-corrected chi connectivity index (χ3v) is 8.82. The van der Waals surface area contributed by atoms with Gasteiger partial charge in [0.15, 0.2) is 0 Å². The largest absolute Gasteiger partial charge is 0.393 e. The normalized spacial score (nSPS) is 27.1. The summed E-state index contributed by atoms with van der Waals surface area (Å²) in [5.74, 6) is 2.52. The van der Waals surface area contributed by atoms with Crippen molar-refractivity contribution in [3.63, 3.8) is 0 Å². The molecule has 3 aliphatic carbocycles. The van der Waals surface area contributed by atoms with Crippen LogP contribution in [-0.2, 0) is 6.54 Å². The second-order valence-electron chi connectivity index (χ2n) is 11.6. The molecule has 1 saturated heterocycles. The van der Waals surface area contributed by atoms with Gasteiger partial charge in [-0.1, -0.05) is 43.2 Å². The van der Waals surface area contributed by atoms with Crippen LogP contribution < -0.4 is 5.32 Å². The van der Waals surface area contributed by atoms with Crippen LogP contribution in [-0.4, -0.2) is 70.7 Å². The van der Waals surface area contributed by atoms with Gasteiger partial charge in [-0.2, -0.15) is 0 Å². The van der Waals surface area contributed by atoms with Crippen molar-refractivity contribution in [3.05, 3.63) is 58.9 Å². The van der Waals surface area contributed by atoms with Crippen LogP contribution in [0.1, 0.15) is 73.2 Å². The van der Waals surface area contributed by atoms with Crippen LogP contribution in [0.15, 0.2) is 36.5 Å². The van der Waals surface area contributed by atoms with Gasteiger partial charge in [-0.25, -0.2) is 9.97 Å². The van der Waals surface area contributed by atoms with E-state index in [1.165, 1.54) is 47.2 Å². The maximum absolute atomic E-state index is 10.1. The van der Waals surface area contributed by atoms with E-state index in [1.54, 1.807) is 0 Å². The van der Waals surface area contributed by atoms with Gasteiger partial charge in [0.1, 0.15) is 0 Å². The Hall–Kier alpha value is -2.28. The van der Waals surface area contributed by atoms with Crippen LogP contribution in [0.4, 0.5) is 5.95 Å². The summed E-state index contributed by atoms with van der Waals surface area (Å²) in [4.78, 5) is 14.8. The average Bonchev–Trinajstić information content (AvgIpc) is 3.65. The monoisotopic (exact) mass is 487 g/mol. The molecule has 192 valence electrons. The lowest BCUT2D eigenvalue weighted by Crippen LogP contribution is -2.43. The first-order valence-electron chi connectivity index (χ1n) is 14.1. The quantitative estimate of drug-likeness (QED) is 0.571. The second kappa shape index (κ2) is 10.6. The second-order valence-corrected chi connectivity index (χ2v) is 11.6. The number of aliphatic hydroxyl groups is 1. The third kappa shape index (κ3) is 5.51. The zero-order valence-corrected chi connectivity index (χ0v) is 21.7. The van der Waals surface area contributed by atoms with Crippen molar-refractivity contribution in [2.45, 2.75) is 63.5 Å². The fourth-order valence-electron chi connectivity index (χ4n) is 6.21. The number of aliphatic hydroxyl groups excluding tert-OH is 1. The maximum atomic E-state index is 10.1. The van der Waals surface area contributed by atoms with E-state index in [0.717, 1.165) is 76.8 Å². The molecule has 0 bridgehead atoms. The summed E-state index contributed by atoms with van der Waals surface area (Å²) in [6, 6.07) is 9.17. The van der Waals surface area contributed by atoms with Gasteiger partial charge in [0.25, 0.3) is 0 Å². The van der Waals surface area contributed by atoms with Crippen molar-refractivity contribution in [2.75, 3.05) is 45.1 Å². The van der Waals surface area contributed by atoms with Crippen molar-refractivity contribution in [1.82, 2.24) is 19.8 Å². The molecule has 4 aliphatic rings. The van der Waals surface area contributed by atoms with Gasteiger partial charge < -0.3 is 15.3 Å². The number of hydrogen-bond donors (Lipinski definition) is 2. The van der Waals surface area contributed by atoms with Gasteiger partial charge >= 0.3 is 0 Å². The first-order valence-corrected chi connectivity index (χ1v) is 14.1. The van der Waals surface area contributed by atoms with Crippen LogP contribution in [0.25, 0.3) is 5.57 Å². The zero-order chi connectivity index (χ0) is 24.5. The first kappa shape index (κ1) is 24.1. The highest BCUT2D eigenvalue weighted by atomic mass is 16.3. The molecule has 0 radical (unpaired) electrons. The molecule has 6 heteroatoms. The van der Waals surface area contributed by atoms with Gasteiger partial charge in [-0.3, -0.25) is 4.90 Å². The fraction of sp³-hybridized carbons (Fsp3) is 0.600. The molecule has 3 fully saturated rings. The predicted molar refractivity (Wildman–Crippen MR) is 145 cm³/mol. The molecule has 36 heavy (non-hydrogen) atoms.